The van der Waals surface area contributed by atoms with Crippen LogP contribution in [0.5, 0.6) is 0 Å². The number of aryl methyl sites for hydroxylation is 1. The van der Waals surface area contributed by atoms with Crippen molar-refractivity contribution in [1.82, 2.24) is 10.2 Å². The van der Waals surface area contributed by atoms with Crippen molar-refractivity contribution >= 4 is 6.03 Å². The molecule has 1 atom stereocenters. The summed E-state index contributed by atoms with van der Waals surface area (Å²) in [4.78, 5) is 13.1. The number of hydrogen-bond acceptors (Lipinski definition) is 2. The van der Waals surface area contributed by atoms with E-state index in [9.17, 15) is 4.79 Å². The van der Waals surface area contributed by atoms with Crippen LogP contribution in [0.15, 0.2) is 24.3 Å². The predicted octanol–water partition coefficient (Wildman–Crippen LogP) is 1.73. The number of nitrogens with zero attached hydrogens (tertiary/aromatic N) is 1. The maximum atomic E-state index is 11.6. The molecule has 18 heavy (non-hydrogen) atoms. The lowest BCUT2D eigenvalue weighted by Crippen LogP contribution is -2.40. The number of carbonyl (C=O) groups is 1. The van der Waals surface area contributed by atoms with Gasteiger partial charge in [-0.25, -0.2) is 4.79 Å². The number of aliphatic hydroxyl groups excluding tert-OH is 1. The Kier molecular flexibility index (Phi) is 5.65. The molecular weight excluding hydrogens is 228 g/mol. The highest BCUT2D eigenvalue weighted by atomic mass is 16.3. The molecular formula is C14H22N2O2. The van der Waals surface area contributed by atoms with Gasteiger partial charge in [-0.15, -0.1) is 0 Å². The molecule has 4 nitrogen and oxygen atoms in total. The van der Waals surface area contributed by atoms with Crippen LogP contribution in [0.4, 0.5) is 4.79 Å². The maximum Gasteiger partial charge on any atom is 0.317 e. The minimum absolute atomic E-state index is 0.0164. The zero-order valence-corrected chi connectivity index (χ0v) is 11.3. The second-order valence-electron chi connectivity index (χ2n) is 4.64. The van der Waals surface area contributed by atoms with Gasteiger partial charge in [-0.3, -0.25) is 0 Å². The van der Waals surface area contributed by atoms with Gasteiger partial charge in [0, 0.05) is 20.1 Å². The Hall–Kier alpha value is -1.55. The Bertz CT molecular complexity index is 376. The van der Waals surface area contributed by atoms with Crippen molar-refractivity contribution < 1.29 is 9.90 Å². The number of rotatable bonds is 5. The zero-order valence-electron chi connectivity index (χ0n) is 11.3. The van der Waals surface area contributed by atoms with Crippen LogP contribution in [0, 0.1) is 6.92 Å². The van der Waals surface area contributed by atoms with E-state index >= 15 is 0 Å². The first-order valence-corrected chi connectivity index (χ1v) is 6.21. The smallest absolute Gasteiger partial charge is 0.317 e. The third-order valence-corrected chi connectivity index (χ3v) is 2.99. The number of likely N-dealkylation sites (N-methyl/N-ethyl adjacent to an activating group) is 1. The predicted molar refractivity (Wildman–Crippen MR) is 72.7 cm³/mol. The molecule has 2 amide bonds. The Morgan fingerprint density at radius 2 is 2.00 bits per heavy atom. The quantitative estimate of drug-likeness (QED) is 0.836. The minimum atomic E-state index is -0.150. The molecule has 0 aliphatic heterocycles. The third-order valence-electron chi connectivity index (χ3n) is 2.99. The van der Waals surface area contributed by atoms with Crippen molar-refractivity contribution in [2.75, 3.05) is 26.7 Å². The highest BCUT2D eigenvalue weighted by molar-refractivity contribution is 5.73. The Morgan fingerprint density at radius 3 is 2.56 bits per heavy atom. The molecule has 0 aliphatic rings. The van der Waals surface area contributed by atoms with Crippen molar-refractivity contribution in [1.29, 1.82) is 0 Å². The Balaban J connectivity index is 2.43. The second kappa shape index (κ2) is 7.01. The normalized spacial score (nSPS) is 12.0. The molecule has 0 heterocycles. The topological polar surface area (TPSA) is 52.6 Å². The van der Waals surface area contributed by atoms with Crippen LogP contribution in [-0.2, 0) is 0 Å². The molecule has 4 heteroatoms. The number of hydrogen-bond donors (Lipinski definition) is 2. The molecule has 1 rings (SSSR count). The van der Waals surface area contributed by atoms with Gasteiger partial charge >= 0.3 is 6.03 Å². The summed E-state index contributed by atoms with van der Waals surface area (Å²) in [6.07, 6.45) is 0. The summed E-state index contributed by atoms with van der Waals surface area (Å²) in [5.41, 5.74) is 2.45. The lowest BCUT2D eigenvalue weighted by atomic mass is 10.0. The molecule has 0 bridgehead atoms. The average molecular weight is 250 g/mol. The average Bonchev–Trinajstić information content (AvgIpc) is 2.36. The molecule has 0 radical (unpaired) electrons. The highest BCUT2D eigenvalue weighted by Crippen LogP contribution is 2.14. The first-order valence-electron chi connectivity index (χ1n) is 6.21. The second-order valence-corrected chi connectivity index (χ2v) is 4.64. The summed E-state index contributed by atoms with van der Waals surface area (Å²) < 4.78 is 0. The number of amides is 2. The number of urea groups is 1. The van der Waals surface area contributed by atoms with E-state index in [1.807, 2.05) is 0 Å². The standard InChI is InChI=1S/C14H22N2O2/c1-11-4-6-13(7-5-11)12(2)10-15-14(18)16(3)8-9-17/h4-7,12,17H,8-10H2,1-3H3,(H,15,18). The van der Waals surface area contributed by atoms with Crippen LogP contribution < -0.4 is 5.32 Å². The van der Waals surface area contributed by atoms with Crippen molar-refractivity contribution in [2.24, 2.45) is 0 Å². The van der Waals surface area contributed by atoms with Gasteiger partial charge in [-0.05, 0) is 18.4 Å². The summed E-state index contributed by atoms with van der Waals surface area (Å²) in [5, 5.41) is 11.6. The number of nitrogens with one attached hydrogen (secondary N) is 1. The molecule has 100 valence electrons. The highest BCUT2D eigenvalue weighted by Gasteiger charge is 2.10. The van der Waals surface area contributed by atoms with E-state index in [2.05, 4.69) is 43.4 Å². The molecule has 0 aromatic heterocycles. The van der Waals surface area contributed by atoms with Crippen LogP contribution in [0.2, 0.25) is 0 Å². The van der Waals surface area contributed by atoms with E-state index in [-0.39, 0.29) is 18.6 Å². The van der Waals surface area contributed by atoms with E-state index in [1.54, 1.807) is 7.05 Å². The lowest BCUT2D eigenvalue weighted by molar-refractivity contribution is 0.190. The Labute approximate surface area is 109 Å². The molecule has 2 N–H and O–H groups in total. The van der Waals surface area contributed by atoms with Gasteiger partial charge in [0.15, 0.2) is 0 Å². The van der Waals surface area contributed by atoms with Crippen LogP contribution >= 0.6 is 0 Å². The fourth-order valence-electron chi connectivity index (χ4n) is 1.64. The molecule has 0 spiro atoms. The molecule has 1 unspecified atom stereocenters. The SMILES string of the molecule is Cc1ccc(C(C)CNC(=O)N(C)CCO)cc1. The molecule has 1 aromatic rings. The lowest BCUT2D eigenvalue weighted by Gasteiger charge is -2.19. The molecule has 1 aromatic carbocycles. The zero-order chi connectivity index (χ0) is 13.5. The van der Waals surface area contributed by atoms with Crippen molar-refractivity contribution in [3.63, 3.8) is 0 Å². The summed E-state index contributed by atoms with van der Waals surface area (Å²) in [7, 11) is 1.67. The summed E-state index contributed by atoms with van der Waals surface area (Å²) in [6, 6.07) is 8.17. The fraction of sp³-hybridized carbons (Fsp3) is 0.500. The van der Waals surface area contributed by atoms with Gasteiger partial charge in [0.1, 0.15) is 0 Å². The van der Waals surface area contributed by atoms with Crippen LogP contribution in [0.25, 0.3) is 0 Å². The Morgan fingerprint density at radius 1 is 1.39 bits per heavy atom. The monoisotopic (exact) mass is 250 g/mol. The van der Waals surface area contributed by atoms with Crippen LogP contribution in [0.3, 0.4) is 0 Å². The van der Waals surface area contributed by atoms with Crippen molar-refractivity contribution in [3.8, 4) is 0 Å². The van der Waals surface area contributed by atoms with Crippen LogP contribution in [0.1, 0.15) is 24.0 Å². The summed E-state index contributed by atoms with van der Waals surface area (Å²) in [5.74, 6) is 0.275. The van der Waals surface area contributed by atoms with Crippen LogP contribution in [-0.4, -0.2) is 42.8 Å². The van der Waals surface area contributed by atoms with Gasteiger partial charge < -0.3 is 15.3 Å². The van der Waals surface area contributed by atoms with E-state index in [0.717, 1.165) is 0 Å². The van der Waals surface area contributed by atoms with Gasteiger partial charge in [0.05, 0.1) is 6.61 Å². The third kappa shape index (κ3) is 4.37. The number of aliphatic hydroxyl groups is 1. The first kappa shape index (κ1) is 14.5. The fourth-order valence-corrected chi connectivity index (χ4v) is 1.64. The first-order chi connectivity index (χ1) is 8.54. The van der Waals surface area contributed by atoms with E-state index in [4.69, 9.17) is 5.11 Å². The number of carbonyl (C=O) groups excluding carboxylic acids is 1. The van der Waals surface area contributed by atoms with E-state index in [1.165, 1.54) is 16.0 Å². The van der Waals surface area contributed by atoms with Crippen molar-refractivity contribution in [3.05, 3.63) is 35.4 Å². The van der Waals surface area contributed by atoms with Crippen molar-refractivity contribution in [2.45, 2.75) is 19.8 Å². The summed E-state index contributed by atoms with van der Waals surface area (Å²) in [6.45, 7) is 5.07. The largest absolute Gasteiger partial charge is 0.395 e. The molecule has 0 saturated carbocycles. The summed E-state index contributed by atoms with van der Waals surface area (Å²) >= 11 is 0. The van der Waals surface area contributed by atoms with E-state index < -0.39 is 0 Å². The van der Waals surface area contributed by atoms with Gasteiger partial charge in [0.2, 0.25) is 0 Å². The molecule has 0 aliphatic carbocycles. The number of benzene rings is 1. The van der Waals surface area contributed by atoms with Gasteiger partial charge in [-0.1, -0.05) is 36.8 Å². The van der Waals surface area contributed by atoms with E-state index in [0.29, 0.717) is 13.1 Å². The minimum Gasteiger partial charge on any atom is -0.395 e. The molecule has 0 fully saturated rings. The maximum absolute atomic E-state index is 11.6. The van der Waals surface area contributed by atoms with Gasteiger partial charge in [0.25, 0.3) is 0 Å². The molecule has 0 saturated heterocycles. The van der Waals surface area contributed by atoms with Gasteiger partial charge in [-0.2, -0.15) is 0 Å².